The van der Waals surface area contributed by atoms with Crippen LogP contribution in [-0.2, 0) is 0 Å². The van der Waals surface area contributed by atoms with E-state index < -0.39 is 0 Å². The Balaban J connectivity index is 3.04. The van der Waals surface area contributed by atoms with Crippen molar-refractivity contribution in [3.8, 4) is 0 Å². The minimum Gasteiger partial charge on any atom is -0.449 e. The van der Waals surface area contributed by atoms with Gasteiger partial charge in [0.1, 0.15) is 0 Å². The molecule has 0 spiro atoms. The Morgan fingerprint density at radius 1 is 1.20 bits per heavy atom. The largest absolute Gasteiger partial charge is 0.449 e. The van der Waals surface area contributed by atoms with Crippen LogP contribution in [0.5, 0.6) is 0 Å². The minimum absolute atomic E-state index is 0.00309. The molecule has 0 saturated heterocycles. The van der Waals surface area contributed by atoms with Gasteiger partial charge in [-0.25, -0.2) is 0 Å². The molecule has 0 radical (unpaired) electrons. The molecule has 1 rings (SSSR count). The standard InChI is InChI=1S/C6H5BCl2O/c8-5-2-1-4(7-10)3-6(5)9/h1-3,7,10H. The third-order valence-corrected chi connectivity index (χ3v) is 1.91. The molecule has 52 valence electrons. The SMILES string of the molecule is OBc1ccc(Cl)c(Cl)c1. The van der Waals surface area contributed by atoms with Crippen molar-refractivity contribution in [3.05, 3.63) is 28.2 Å². The van der Waals surface area contributed by atoms with Crippen molar-refractivity contribution in [2.45, 2.75) is 0 Å². The van der Waals surface area contributed by atoms with Crippen LogP contribution in [0.3, 0.4) is 0 Å². The Bertz CT molecular complexity index is 239. The Morgan fingerprint density at radius 3 is 2.40 bits per heavy atom. The predicted molar refractivity (Wildman–Crippen MR) is 45.5 cm³/mol. The van der Waals surface area contributed by atoms with Gasteiger partial charge in [-0.3, -0.25) is 0 Å². The van der Waals surface area contributed by atoms with E-state index in [0.29, 0.717) is 10.0 Å². The molecule has 0 heterocycles. The fourth-order valence-electron chi connectivity index (χ4n) is 0.638. The van der Waals surface area contributed by atoms with E-state index in [1.54, 1.807) is 18.2 Å². The summed E-state index contributed by atoms with van der Waals surface area (Å²) in [7, 11) is -0.00309. The van der Waals surface area contributed by atoms with Crippen molar-refractivity contribution >= 4 is 36.1 Å². The zero-order valence-electron chi connectivity index (χ0n) is 5.14. The summed E-state index contributed by atoms with van der Waals surface area (Å²) in [6.45, 7) is 0. The van der Waals surface area contributed by atoms with E-state index in [1.807, 2.05) is 0 Å². The van der Waals surface area contributed by atoms with E-state index in [9.17, 15) is 0 Å². The van der Waals surface area contributed by atoms with Crippen LogP contribution in [0.2, 0.25) is 10.0 Å². The van der Waals surface area contributed by atoms with Gasteiger partial charge in [-0.2, -0.15) is 0 Å². The van der Waals surface area contributed by atoms with Crippen LogP contribution in [0.4, 0.5) is 0 Å². The molecule has 0 aliphatic rings. The molecule has 1 nitrogen and oxygen atoms in total. The number of hydrogen-bond acceptors (Lipinski definition) is 1. The second-order valence-electron chi connectivity index (χ2n) is 1.91. The minimum atomic E-state index is -0.00309. The summed E-state index contributed by atoms with van der Waals surface area (Å²) in [5.74, 6) is 0. The van der Waals surface area contributed by atoms with E-state index in [-0.39, 0.29) is 7.48 Å². The number of rotatable bonds is 1. The van der Waals surface area contributed by atoms with Crippen LogP contribution in [0, 0.1) is 0 Å². The quantitative estimate of drug-likeness (QED) is 0.630. The van der Waals surface area contributed by atoms with Gasteiger partial charge in [-0.15, -0.1) is 0 Å². The van der Waals surface area contributed by atoms with Gasteiger partial charge in [-0.05, 0) is 12.1 Å². The van der Waals surface area contributed by atoms with Gasteiger partial charge in [0, 0.05) is 0 Å². The maximum atomic E-state index is 8.65. The molecular formula is C6H5BCl2O. The molecule has 1 aromatic rings. The third kappa shape index (κ3) is 1.66. The average molecular weight is 175 g/mol. The molecule has 0 aromatic heterocycles. The summed E-state index contributed by atoms with van der Waals surface area (Å²) in [6.07, 6.45) is 0. The summed E-state index contributed by atoms with van der Waals surface area (Å²) in [4.78, 5) is 0. The zero-order chi connectivity index (χ0) is 7.56. The zero-order valence-corrected chi connectivity index (χ0v) is 6.65. The maximum Gasteiger partial charge on any atom is 0.304 e. The highest BCUT2D eigenvalue weighted by atomic mass is 35.5. The van der Waals surface area contributed by atoms with Crippen molar-refractivity contribution < 1.29 is 5.02 Å². The molecule has 0 fully saturated rings. The maximum absolute atomic E-state index is 8.65. The highest BCUT2D eigenvalue weighted by molar-refractivity contribution is 6.48. The van der Waals surface area contributed by atoms with Gasteiger partial charge < -0.3 is 5.02 Å². The van der Waals surface area contributed by atoms with Crippen LogP contribution >= 0.6 is 23.2 Å². The molecule has 1 aromatic carbocycles. The monoisotopic (exact) mass is 174 g/mol. The first kappa shape index (κ1) is 7.93. The molecule has 1 N–H and O–H groups in total. The third-order valence-electron chi connectivity index (χ3n) is 1.17. The summed E-state index contributed by atoms with van der Waals surface area (Å²) >= 11 is 11.3. The van der Waals surface area contributed by atoms with E-state index in [2.05, 4.69) is 0 Å². The first-order valence-corrected chi connectivity index (χ1v) is 3.54. The Kier molecular flexibility index (Phi) is 2.60. The lowest BCUT2D eigenvalue weighted by Gasteiger charge is -1.96. The van der Waals surface area contributed by atoms with E-state index in [1.165, 1.54) is 0 Å². The molecule has 0 unspecified atom stereocenters. The smallest absolute Gasteiger partial charge is 0.304 e. The molecule has 10 heavy (non-hydrogen) atoms. The highest BCUT2D eigenvalue weighted by Crippen LogP contribution is 2.18. The van der Waals surface area contributed by atoms with Gasteiger partial charge >= 0.3 is 7.48 Å². The van der Waals surface area contributed by atoms with Crippen LogP contribution in [0.25, 0.3) is 0 Å². The normalized spacial score (nSPS) is 9.50. The second-order valence-corrected chi connectivity index (χ2v) is 2.72. The number of hydrogen-bond donors (Lipinski definition) is 1. The highest BCUT2D eigenvalue weighted by Gasteiger charge is 1.97. The van der Waals surface area contributed by atoms with Crippen molar-refractivity contribution in [2.75, 3.05) is 0 Å². The lowest BCUT2D eigenvalue weighted by Crippen LogP contribution is -2.12. The van der Waals surface area contributed by atoms with Crippen molar-refractivity contribution in [1.82, 2.24) is 0 Å². The van der Waals surface area contributed by atoms with Gasteiger partial charge in [0.15, 0.2) is 0 Å². The molecule has 0 bridgehead atoms. The lowest BCUT2D eigenvalue weighted by molar-refractivity contribution is 0.615. The number of halogens is 2. The topological polar surface area (TPSA) is 20.2 Å². The first-order valence-electron chi connectivity index (χ1n) is 2.79. The molecule has 0 aliphatic heterocycles. The van der Waals surface area contributed by atoms with Gasteiger partial charge in [0.25, 0.3) is 0 Å². The van der Waals surface area contributed by atoms with Crippen molar-refractivity contribution in [3.63, 3.8) is 0 Å². The Morgan fingerprint density at radius 2 is 1.90 bits per heavy atom. The molecule has 4 heteroatoms. The molecule has 0 atom stereocenters. The average Bonchev–Trinajstić information content (AvgIpc) is 1.95. The molecule has 0 aliphatic carbocycles. The second kappa shape index (κ2) is 3.29. The van der Waals surface area contributed by atoms with E-state index in [0.717, 1.165) is 5.46 Å². The summed E-state index contributed by atoms with van der Waals surface area (Å²) in [5.41, 5.74) is 0.773. The fraction of sp³-hybridized carbons (Fsp3) is 0. The molecule has 0 saturated carbocycles. The molecule has 0 amide bonds. The summed E-state index contributed by atoms with van der Waals surface area (Å²) in [6, 6.07) is 5.04. The van der Waals surface area contributed by atoms with Crippen LogP contribution < -0.4 is 5.46 Å². The summed E-state index contributed by atoms with van der Waals surface area (Å²) < 4.78 is 0. The van der Waals surface area contributed by atoms with E-state index >= 15 is 0 Å². The molecular weight excluding hydrogens is 170 g/mol. The van der Waals surface area contributed by atoms with Gasteiger partial charge in [0.05, 0.1) is 10.0 Å². The Hall–Kier alpha value is -0.175. The van der Waals surface area contributed by atoms with E-state index in [4.69, 9.17) is 28.2 Å². The first-order chi connectivity index (χ1) is 4.74. The van der Waals surface area contributed by atoms with Crippen LogP contribution in [0.1, 0.15) is 0 Å². The Labute approximate surface area is 69.9 Å². The lowest BCUT2D eigenvalue weighted by atomic mass is 9.89. The predicted octanol–water partition coefficient (Wildman–Crippen LogP) is 0.962. The van der Waals surface area contributed by atoms with Crippen molar-refractivity contribution in [1.29, 1.82) is 0 Å². The van der Waals surface area contributed by atoms with Gasteiger partial charge in [0.2, 0.25) is 0 Å². The van der Waals surface area contributed by atoms with Gasteiger partial charge in [-0.1, -0.05) is 34.7 Å². The fourth-order valence-corrected chi connectivity index (χ4v) is 0.959. The summed E-state index contributed by atoms with van der Waals surface area (Å²) in [5, 5.41) is 9.64. The van der Waals surface area contributed by atoms with Crippen LogP contribution in [0.15, 0.2) is 18.2 Å². The van der Waals surface area contributed by atoms with Crippen molar-refractivity contribution in [2.24, 2.45) is 0 Å². The number of benzene rings is 1. The van der Waals surface area contributed by atoms with Crippen LogP contribution in [-0.4, -0.2) is 12.5 Å².